The topological polar surface area (TPSA) is 18.5 Å². The molecule has 0 amide bonds. The number of fused-ring (bicyclic) bond motifs is 9. The smallest absolute Gasteiger partial charge is 0.120 e. The highest BCUT2D eigenvalue weighted by Gasteiger charge is 2.14. The van der Waals surface area contributed by atoms with Gasteiger partial charge < -0.3 is 9.47 Å². The molecule has 6 aromatic rings. The van der Waals surface area contributed by atoms with Crippen molar-refractivity contribution < 1.29 is 9.47 Å². The van der Waals surface area contributed by atoms with Crippen molar-refractivity contribution in [3.05, 3.63) is 60.7 Å². The number of hydrogen-bond acceptors (Lipinski definition) is 4. The Bertz CT molecular complexity index is 1420. The van der Waals surface area contributed by atoms with Crippen LogP contribution >= 0.6 is 22.7 Å². The van der Waals surface area contributed by atoms with Crippen LogP contribution in [0.5, 0.6) is 11.5 Å². The first-order valence-electron chi connectivity index (χ1n) is 9.09. The van der Waals surface area contributed by atoms with Gasteiger partial charge in [-0.05, 0) is 36.4 Å². The third kappa shape index (κ3) is 2.13. The summed E-state index contributed by atoms with van der Waals surface area (Å²) < 4.78 is 16.1. The maximum absolute atomic E-state index is 5.41. The lowest BCUT2D eigenvalue weighted by atomic mass is 10.0. The normalized spacial score (nSPS) is 11.9. The van der Waals surface area contributed by atoms with E-state index in [0.29, 0.717) is 0 Å². The van der Waals surface area contributed by atoms with Crippen LogP contribution < -0.4 is 9.47 Å². The second-order valence-corrected chi connectivity index (χ2v) is 9.01. The highest BCUT2D eigenvalue weighted by Crippen LogP contribution is 2.44. The Kier molecular flexibility index (Phi) is 3.37. The van der Waals surface area contributed by atoms with Gasteiger partial charge in [-0.1, -0.05) is 24.3 Å². The molecule has 0 saturated carbocycles. The number of benzene rings is 4. The van der Waals surface area contributed by atoms with E-state index < -0.39 is 0 Å². The molecule has 2 aromatic heterocycles. The average molecular weight is 401 g/mol. The van der Waals surface area contributed by atoms with Gasteiger partial charge in [-0.25, -0.2) is 0 Å². The van der Waals surface area contributed by atoms with Crippen LogP contribution in [0.4, 0.5) is 0 Å². The van der Waals surface area contributed by atoms with Crippen molar-refractivity contribution in [1.29, 1.82) is 0 Å². The third-order valence-electron chi connectivity index (χ3n) is 5.48. The molecule has 0 N–H and O–H groups in total. The van der Waals surface area contributed by atoms with Gasteiger partial charge >= 0.3 is 0 Å². The number of rotatable bonds is 2. The zero-order valence-electron chi connectivity index (χ0n) is 15.4. The highest BCUT2D eigenvalue weighted by atomic mass is 32.1. The van der Waals surface area contributed by atoms with E-state index in [0.717, 1.165) is 11.5 Å². The Morgan fingerprint density at radius 2 is 0.857 bits per heavy atom. The van der Waals surface area contributed by atoms with Crippen molar-refractivity contribution in [2.24, 2.45) is 0 Å². The second-order valence-electron chi connectivity index (χ2n) is 6.91. The molecule has 136 valence electrons. The monoisotopic (exact) mass is 400 g/mol. The molecule has 0 atom stereocenters. The van der Waals surface area contributed by atoms with Crippen LogP contribution in [0.15, 0.2) is 60.7 Å². The molecule has 0 bridgehead atoms. The molecule has 0 saturated heterocycles. The van der Waals surface area contributed by atoms with E-state index >= 15 is 0 Å². The summed E-state index contributed by atoms with van der Waals surface area (Å²) in [5, 5.41) is 7.87. The average Bonchev–Trinajstić information content (AvgIpc) is 3.30. The van der Waals surface area contributed by atoms with Crippen molar-refractivity contribution in [3.8, 4) is 11.5 Å². The Balaban J connectivity index is 1.72. The van der Waals surface area contributed by atoms with E-state index in [-0.39, 0.29) is 0 Å². The van der Waals surface area contributed by atoms with Crippen molar-refractivity contribution in [3.63, 3.8) is 0 Å². The van der Waals surface area contributed by atoms with Gasteiger partial charge in [0.25, 0.3) is 0 Å². The number of ether oxygens (including phenoxy) is 2. The van der Waals surface area contributed by atoms with Crippen molar-refractivity contribution >= 4 is 73.8 Å². The minimum atomic E-state index is 0.907. The van der Waals surface area contributed by atoms with E-state index in [2.05, 4.69) is 48.5 Å². The molecular formula is C24H16O2S2. The SMILES string of the molecule is COc1ccc2c(c1)sc1c2ccc2c1ccc1c3ccc(OC)cc3sc12. The second kappa shape index (κ2) is 5.84. The summed E-state index contributed by atoms with van der Waals surface area (Å²) in [6.45, 7) is 0. The van der Waals surface area contributed by atoms with Crippen LogP contribution in [0.25, 0.3) is 51.1 Å². The van der Waals surface area contributed by atoms with Crippen LogP contribution in [0.2, 0.25) is 0 Å². The summed E-state index contributed by atoms with van der Waals surface area (Å²) in [7, 11) is 3.44. The highest BCUT2D eigenvalue weighted by molar-refractivity contribution is 7.28. The lowest BCUT2D eigenvalue weighted by Crippen LogP contribution is -1.80. The lowest BCUT2D eigenvalue weighted by Gasteiger charge is -2.02. The fourth-order valence-electron chi connectivity index (χ4n) is 4.09. The number of methoxy groups -OCH3 is 2. The number of thiophene rings is 2. The van der Waals surface area contributed by atoms with Gasteiger partial charge in [0.05, 0.1) is 14.2 Å². The van der Waals surface area contributed by atoms with Crippen molar-refractivity contribution in [2.45, 2.75) is 0 Å². The predicted octanol–water partition coefficient (Wildman–Crippen LogP) is 7.59. The maximum atomic E-state index is 5.41. The minimum absolute atomic E-state index is 0.907. The van der Waals surface area contributed by atoms with E-state index in [1.165, 1.54) is 51.1 Å². The Morgan fingerprint density at radius 1 is 0.500 bits per heavy atom. The van der Waals surface area contributed by atoms with E-state index in [1.54, 1.807) is 14.2 Å². The summed E-state index contributed by atoms with van der Waals surface area (Å²) in [6, 6.07) is 21.8. The van der Waals surface area contributed by atoms with Crippen LogP contribution in [-0.4, -0.2) is 14.2 Å². The van der Waals surface area contributed by atoms with Gasteiger partial charge in [0, 0.05) is 51.1 Å². The molecular weight excluding hydrogens is 384 g/mol. The summed E-state index contributed by atoms with van der Waals surface area (Å²) in [6.07, 6.45) is 0. The number of hydrogen-bond donors (Lipinski definition) is 0. The molecule has 0 spiro atoms. The summed E-state index contributed by atoms with van der Waals surface area (Å²) >= 11 is 3.69. The Morgan fingerprint density at radius 3 is 1.25 bits per heavy atom. The standard InChI is InChI=1S/C24H16O2S2/c1-25-13-3-5-15-17-7-9-20-19(23(17)27-21(15)11-13)10-8-18-16-6-4-14(26-2)12-22(16)28-24(18)20/h3-12H,1-2H3. The molecule has 0 aliphatic carbocycles. The van der Waals surface area contributed by atoms with Crippen LogP contribution in [-0.2, 0) is 0 Å². The maximum Gasteiger partial charge on any atom is 0.120 e. The van der Waals surface area contributed by atoms with Gasteiger partial charge in [-0.3, -0.25) is 0 Å². The molecule has 2 nitrogen and oxygen atoms in total. The van der Waals surface area contributed by atoms with Crippen molar-refractivity contribution in [1.82, 2.24) is 0 Å². The molecule has 28 heavy (non-hydrogen) atoms. The third-order valence-corrected chi connectivity index (χ3v) is 7.89. The van der Waals surface area contributed by atoms with Crippen molar-refractivity contribution in [2.75, 3.05) is 14.2 Å². The molecule has 6 rings (SSSR count). The first-order valence-corrected chi connectivity index (χ1v) is 10.7. The summed E-state index contributed by atoms with van der Waals surface area (Å²) in [5.74, 6) is 1.81. The fraction of sp³-hybridized carbons (Fsp3) is 0.0833. The van der Waals surface area contributed by atoms with Crippen LogP contribution in [0.3, 0.4) is 0 Å². The van der Waals surface area contributed by atoms with E-state index in [9.17, 15) is 0 Å². The molecule has 0 fully saturated rings. The zero-order valence-corrected chi connectivity index (χ0v) is 17.0. The predicted molar refractivity (Wildman–Crippen MR) is 123 cm³/mol. The van der Waals surface area contributed by atoms with Gasteiger partial charge in [0.2, 0.25) is 0 Å². The molecule has 4 heteroatoms. The Hall–Kier alpha value is -2.82. The first-order chi connectivity index (χ1) is 13.8. The fourth-order valence-corrected chi connectivity index (χ4v) is 6.61. The minimum Gasteiger partial charge on any atom is -0.497 e. The molecule has 0 aliphatic heterocycles. The van der Waals surface area contributed by atoms with Gasteiger partial charge in [-0.2, -0.15) is 0 Å². The van der Waals surface area contributed by atoms with Gasteiger partial charge in [0.1, 0.15) is 11.5 Å². The van der Waals surface area contributed by atoms with E-state index in [4.69, 9.17) is 9.47 Å². The Labute approximate surface area is 169 Å². The molecule has 0 unspecified atom stereocenters. The molecule has 2 heterocycles. The van der Waals surface area contributed by atoms with Crippen LogP contribution in [0.1, 0.15) is 0 Å². The lowest BCUT2D eigenvalue weighted by molar-refractivity contribution is 0.415. The van der Waals surface area contributed by atoms with Crippen LogP contribution in [0, 0.1) is 0 Å². The molecule has 0 aliphatic rings. The summed E-state index contributed by atoms with van der Waals surface area (Å²) in [5.41, 5.74) is 0. The van der Waals surface area contributed by atoms with Gasteiger partial charge in [0.15, 0.2) is 0 Å². The largest absolute Gasteiger partial charge is 0.497 e. The summed E-state index contributed by atoms with van der Waals surface area (Å²) in [4.78, 5) is 0. The first kappa shape index (κ1) is 16.2. The quantitative estimate of drug-likeness (QED) is 0.298. The van der Waals surface area contributed by atoms with E-state index in [1.807, 2.05) is 34.8 Å². The molecule has 0 radical (unpaired) electrons. The zero-order chi connectivity index (χ0) is 18.8. The molecule has 4 aromatic carbocycles. The van der Waals surface area contributed by atoms with Gasteiger partial charge in [-0.15, -0.1) is 22.7 Å².